The van der Waals surface area contributed by atoms with Crippen LogP contribution in [0.15, 0.2) is 60.7 Å². The molecule has 0 saturated carbocycles. The van der Waals surface area contributed by atoms with Gasteiger partial charge >= 0.3 is 0 Å². The molecule has 2 aliphatic rings. The average molecular weight is 325 g/mol. The lowest BCUT2D eigenvalue weighted by Crippen LogP contribution is -2.56. The molecule has 0 amide bonds. The average Bonchev–Trinajstić information content (AvgIpc) is 2.67. The van der Waals surface area contributed by atoms with Crippen LogP contribution in [0, 0.1) is 5.92 Å². The smallest absolute Gasteiger partial charge is 0.184 e. The molecule has 2 aromatic rings. The van der Waals surface area contributed by atoms with E-state index < -0.39 is 0 Å². The molecule has 1 N–H and O–H groups in total. The fraction of sp³-hybridized carbons (Fsp3) is 0.400. The van der Waals surface area contributed by atoms with E-state index in [2.05, 4.69) is 17.4 Å². The number of rotatable bonds is 4. The van der Waals surface area contributed by atoms with Crippen molar-refractivity contribution >= 4 is 0 Å². The van der Waals surface area contributed by atoms with Crippen molar-refractivity contribution in [2.24, 2.45) is 5.92 Å². The third-order valence-electron chi connectivity index (χ3n) is 4.70. The molecular weight excluding hydrogens is 302 g/mol. The third-order valence-corrected chi connectivity index (χ3v) is 4.70. The van der Waals surface area contributed by atoms with E-state index in [0.29, 0.717) is 19.1 Å². The maximum atomic E-state index is 6.29. The van der Waals surface area contributed by atoms with Gasteiger partial charge in [0.05, 0.1) is 25.4 Å². The van der Waals surface area contributed by atoms with Gasteiger partial charge in [-0.15, -0.1) is 0 Å². The minimum atomic E-state index is -0.298. The van der Waals surface area contributed by atoms with E-state index in [1.807, 2.05) is 48.5 Å². The van der Waals surface area contributed by atoms with Crippen LogP contribution in [-0.4, -0.2) is 31.9 Å². The highest BCUT2D eigenvalue weighted by atomic mass is 16.7. The lowest BCUT2D eigenvalue weighted by atomic mass is 9.93. The second-order valence-electron chi connectivity index (χ2n) is 6.43. The van der Waals surface area contributed by atoms with E-state index >= 15 is 0 Å². The van der Waals surface area contributed by atoms with Crippen LogP contribution in [0.1, 0.15) is 17.4 Å². The van der Waals surface area contributed by atoms with E-state index in [1.54, 1.807) is 0 Å². The van der Waals surface area contributed by atoms with Gasteiger partial charge in [-0.3, -0.25) is 0 Å². The zero-order chi connectivity index (χ0) is 16.2. The van der Waals surface area contributed by atoms with Crippen molar-refractivity contribution in [1.29, 1.82) is 0 Å². The number of ether oxygens (including phenoxy) is 3. The van der Waals surface area contributed by atoms with Gasteiger partial charge in [0.2, 0.25) is 0 Å². The summed E-state index contributed by atoms with van der Waals surface area (Å²) in [7, 11) is 0. The van der Waals surface area contributed by atoms with Gasteiger partial charge in [0.25, 0.3) is 0 Å². The zero-order valence-electron chi connectivity index (χ0n) is 13.6. The van der Waals surface area contributed by atoms with Crippen LogP contribution in [0.4, 0.5) is 0 Å². The van der Waals surface area contributed by atoms with Crippen LogP contribution < -0.4 is 5.32 Å². The van der Waals surface area contributed by atoms with Crippen molar-refractivity contribution in [3.8, 4) is 0 Å². The summed E-state index contributed by atoms with van der Waals surface area (Å²) < 4.78 is 18.4. The maximum Gasteiger partial charge on any atom is 0.184 e. The van der Waals surface area contributed by atoms with E-state index in [-0.39, 0.29) is 18.5 Å². The Morgan fingerprint density at radius 2 is 1.71 bits per heavy atom. The minimum absolute atomic E-state index is 0.0408. The number of piperidine rings is 1. The molecule has 0 aliphatic carbocycles. The predicted octanol–water partition coefficient (Wildman–Crippen LogP) is 2.91. The Hall–Kier alpha value is -1.72. The lowest BCUT2D eigenvalue weighted by molar-refractivity contribution is -0.272. The molecular formula is C20H23NO3. The molecule has 24 heavy (non-hydrogen) atoms. The summed E-state index contributed by atoms with van der Waals surface area (Å²) in [5.74, 6) is 0.333. The standard InChI is InChI=1S/C20H23NO3/c1-3-7-15(8-4-1)13-22-18-12-21-11-17-14-23-20(24-19(17)18)16-9-5-2-6-10-16/h1-10,17-21H,11-14H2/t17?,18?,19-,20?/m1/s1. The Morgan fingerprint density at radius 1 is 0.958 bits per heavy atom. The molecule has 4 nitrogen and oxygen atoms in total. The molecule has 4 rings (SSSR count). The predicted molar refractivity (Wildman–Crippen MR) is 91.4 cm³/mol. The van der Waals surface area contributed by atoms with Gasteiger partial charge in [-0.25, -0.2) is 0 Å². The highest BCUT2D eigenvalue weighted by molar-refractivity contribution is 5.17. The zero-order valence-corrected chi connectivity index (χ0v) is 13.6. The van der Waals surface area contributed by atoms with Crippen LogP contribution >= 0.6 is 0 Å². The quantitative estimate of drug-likeness (QED) is 0.938. The van der Waals surface area contributed by atoms with E-state index in [0.717, 1.165) is 18.7 Å². The molecule has 2 aliphatic heterocycles. The van der Waals surface area contributed by atoms with Crippen LogP contribution in [0.25, 0.3) is 0 Å². The number of benzene rings is 2. The summed E-state index contributed by atoms with van der Waals surface area (Å²) >= 11 is 0. The minimum Gasteiger partial charge on any atom is -0.369 e. The summed E-state index contributed by atoms with van der Waals surface area (Å²) in [5, 5.41) is 3.44. The normalized spacial score (nSPS) is 29.8. The van der Waals surface area contributed by atoms with E-state index in [1.165, 1.54) is 5.56 Å². The summed E-state index contributed by atoms with van der Waals surface area (Å²) in [4.78, 5) is 0. The van der Waals surface area contributed by atoms with Crippen LogP contribution in [0.3, 0.4) is 0 Å². The first-order valence-electron chi connectivity index (χ1n) is 8.58. The monoisotopic (exact) mass is 325 g/mol. The molecule has 2 aromatic carbocycles. The highest BCUT2D eigenvalue weighted by Gasteiger charge is 2.40. The summed E-state index contributed by atoms with van der Waals surface area (Å²) in [6.07, 6.45) is -0.193. The first-order chi connectivity index (χ1) is 11.9. The molecule has 4 heteroatoms. The van der Waals surface area contributed by atoms with Crippen molar-refractivity contribution in [2.75, 3.05) is 19.7 Å². The topological polar surface area (TPSA) is 39.7 Å². The number of hydrogen-bond donors (Lipinski definition) is 1. The van der Waals surface area contributed by atoms with Crippen molar-refractivity contribution in [1.82, 2.24) is 5.32 Å². The molecule has 0 radical (unpaired) electrons. The van der Waals surface area contributed by atoms with Gasteiger partial charge in [0.15, 0.2) is 6.29 Å². The first-order valence-corrected chi connectivity index (χ1v) is 8.58. The Morgan fingerprint density at radius 3 is 2.50 bits per heavy atom. The number of nitrogens with one attached hydrogen (secondary N) is 1. The Bertz CT molecular complexity index is 634. The van der Waals surface area contributed by atoms with E-state index in [4.69, 9.17) is 14.2 Å². The fourth-order valence-corrected chi connectivity index (χ4v) is 3.41. The number of fused-ring (bicyclic) bond motifs is 1. The molecule has 3 unspecified atom stereocenters. The van der Waals surface area contributed by atoms with Gasteiger partial charge in [-0.2, -0.15) is 0 Å². The second-order valence-corrected chi connectivity index (χ2v) is 6.43. The van der Waals surface area contributed by atoms with Crippen molar-refractivity contribution in [3.63, 3.8) is 0 Å². The Kier molecular flexibility index (Phi) is 4.90. The van der Waals surface area contributed by atoms with E-state index in [9.17, 15) is 0 Å². The molecule has 2 heterocycles. The number of hydrogen-bond acceptors (Lipinski definition) is 4. The van der Waals surface area contributed by atoms with Gasteiger partial charge in [-0.05, 0) is 5.56 Å². The fourth-order valence-electron chi connectivity index (χ4n) is 3.41. The van der Waals surface area contributed by atoms with Crippen molar-refractivity contribution < 1.29 is 14.2 Å². The molecule has 0 aromatic heterocycles. The molecule has 4 atom stereocenters. The lowest BCUT2D eigenvalue weighted by Gasteiger charge is -2.43. The Labute approximate surface area is 142 Å². The second kappa shape index (κ2) is 7.45. The molecule has 2 fully saturated rings. The third kappa shape index (κ3) is 3.52. The van der Waals surface area contributed by atoms with Gasteiger partial charge < -0.3 is 19.5 Å². The van der Waals surface area contributed by atoms with Crippen LogP contribution in [0.2, 0.25) is 0 Å². The van der Waals surface area contributed by atoms with Crippen molar-refractivity contribution in [2.45, 2.75) is 25.1 Å². The van der Waals surface area contributed by atoms with Gasteiger partial charge in [0, 0.05) is 24.6 Å². The molecule has 0 spiro atoms. The SMILES string of the molecule is c1ccc(COC2CNCC3COC(c4ccccc4)O[C@H]32)cc1. The largest absolute Gasteiger partial charge is 0.369 e. The van der Waals surface area contributed by atoms with Gasteiger partial charge in [-0.1, -0.05) is 60.7 Å². The summed E-state index contributed by atoms with van der Waals surface area (Å²) in [5.41, 5.74) is 2.25. The highest BCUT2D eigenvalue weighted by Crippen LogP contribution is 2.33. The molecule has 2 saturated heterocycles. The van der Waals surface area contributed by atoms with Crippen LogP contribution in [0.5, 0.6) is 0 Å². The molecule has 0 bridgehead atoms. The van der Waals surface area contributed by atoms with Gasteiger partial charge in [0.1, 0.15) is 0 Å². The summed E-state index contributed by atoms with van der Waals surface area (Å²) in [6.45, 7) is 3.03. The summed E-state index contributed by atoms with van der Waals surface area (Å²) in [6, 6.07) is 20.4. The first kappa shape index (κ1) is 15.8. The van der Waals surface area contributed by atoms with Crippen molar-refractivity contribution in [3.05, 3.63) is 71.8 Å². The Balaban J connectivity index is 1.43. The maximum absolute atomic E-state index is 6.29. The van der Waals surface area contributed by atoms with Crippen LogP contribution in [-0.2, 0) is 20.8 Å². The molecule has 126 valence electrons.